The number of rotatable bonds is 13. The highest BCUT2D eigenvalue weighted by Gasteiger charge is 2.50. The van der Waals surface area contributed by atoms with Crippen LogP contribution in [0.3, 0.4) is 0 Å². The van der Waals surface area contributed by atoms with Gasteiger partial charge in [0.1, 0.15) is 53.2 Å². The minimum Gasteiger partial charge on any atom is -0.497 e. The molecular formula is C47H56F2N8O5. The number of halogens is 2. The number of benzene rings is 2. The van der Waals surface area contributed by atoms with Crippen molar-refractivity contribution < 1.29 is 32.5 Å². The standard InChI is InChI=1S/C47H56F2N8O5/c1-29-21-36(52-38(22-29)55(25-30-10-14-33(59-5)15-11-30)26-31-12-16-34(60-6)17-13-31)41-39(49)40-35(24-51-41)43(57-20-7-9-37(62-44(50)58)42(57)46(2,3)4)54-45(53-40)61-28-47-18-8-19-56(47)27-32(48)23-47/h10-17,21-22,24,32,37,42H,7-9,18-20,23,25-28H2,1-6H3,(H2,50,58)/t32-,37?,42-,47+/m1/s1. The monoisotopic (exact) mass is 850 g/mol. The van der Waals surface area contributed by atoms with Crippen LogP contribution in [0.1, 0.15) is 69.6 Å². The van der Waals surface area contributed by atoms with Crippen LogP contribution in [-0.4, -0.2) is 95.2 Å². The van der Waals surface area contributed by atoms with E-state index >= 15 is 4.39 Å². The summed E-state index contributed by atoms with van der Waals surface area (Å²) in [6.45, 7) is 11.0. The SMILES string of the molecule is COc1ccc(CN(Cc2ccc(OC)cc2)c2cc(C)cc(-c3ncc4c(N5CCCC(OC(N)=O)[C@@H]5C(C)(C)C)nc(OC[C@@]56CCCN5C[C@H](F)C6)nc4c3F)n2)cc1. The zero-order valence-electron chi connectivity index (χ0n) is 36.4. The first kappa shape index (κ1) is 42.8. The molecule has 8 rings (SSSR count). The molecule has 13 nitrogen and oxygen atoms in total. The molecule has 0 radical (unpaired) electrons. The van der Waals surface area contributed by atoms with Gasteiger partial charge >= 0.3 is 12.1 Å². The van der Waals surface area contributed by atoms with Gasteiger partial charge in [0, 0.05) is 38.8 Å². The molecule has 3 aliphatic rings. The van der Waals surface area contributed by atoms with Crippen molar-refractivity contribution in [3.05, 3.63) is 89.4 Å². The van der Waals surface area contributed by atoms with Gasteiger partial charge < -0.3 is 34.5 Å². The third-order valence-electron chi connectivity index (χ3n) is 12.5. The zero-order chi connectivity index (χ0) is 43.8. The van der Waals surface area contributed by atoms with Gasteiger partial charge in [-0.2, -0.15) is 9.97 Å². The summed E-state index contributed by atoms with van der Waals surface area (Å²) in [5, 5.41) is 0.367. The number of primary amides is 1. The Morgan fingerprint density at radius 3 is 2.26 bits per heavy atom. The average molecular weight is 851 g/mol. The van der Waals surface area contributed by atoms with Crippen molar-refractivity contribution in [3.63, 3.8) is 0 Å². The fraction of sp³-hybridized carbons (Fsp3) is 0.468. The van der Waals surface area contributed by atoms with Crippen molar-refractivity contribution in [1.29, 1.82) is 0 Å². The fourth-order valence-corrected chi connectivity index (χ4v) is 9.68. The van der Waals surface area contributed by atoms with Crippen LogP contribution in [0, 0.1) is 18.2 Å². The summed E-state index contributed by atoms with van der Waals surface area (Å²) in [6, 6.07) is 19.1. The van der Waals surface area contributed by atoms with Gasteiger partial charge in [-0.1, -0.05) is 45.0 Å². The maximum absolute atomic E-state index is 17.5. The average Bonchev–Trinajstić information content (AvgIpc) is 3.78. The number of amides is 1. The largest absolute Gasteiger partial charge is 0.497 e. The van der Waals surface area contributed by atoms with Crippen molar-refractivity contribution >= 4 is 28.6 Å². The maximum Gasteiger partial charge on any atom is 0.404 e. The van der Waals surface area contributed by atoms with E-state index in [1.807, 2.05) is 72.5 Å². The summed E-state index contributed by atoms with van der Waals surface area (Å²) in [5.74, 6) is 1.86. The molecule has 15 heteroatoms. The first-order chi connectivity index (χ1) is 29.7. The lowest BCUT2D eigenvalue weighted by atomic mass is 9.78. The lowest BCUT2D eigenvalue weighted by molar-refractivity contribution is 0.0399. The van der Waals surface area contributed by atoms with Crippen molar-refractivity contribution in [2.24, 2.45) is 11.1 Å². The first-order valence-electron chi connectivity index (χ1n) is 21.3. The predicted molar refractivity (Wildman–Crippen MR) is 234 cm³/mol. The van der Waals surface area contributed by atoms with E-state index in [4.69, 9.17) is 44.6 Å². The lowest BCUT2D eigenvalue weighted by Crippen LogP contribution is -2.57. The van der Waals surface area contributed by atoms with Crippen LogP contribution in [0.15, 0.2) is 66.9 Å². The summed E-state index contributed by atoms with van der Waals surface area (Å²) in [6.07, 6.45) is 2.57. The topological polar surface area (TPSA) is 141 Å². The molecule has 4 atom stereocenters. The van der Waals surface area contributed by atoms with Crippen molar-refractivity contribution in [3.8, 4) is 28.9 Å². The number of carbonyl (C=O) groups is 1. The zero-order valence-corrected chi connectivity index (χ0v) is 36.4. The summed E-state index contributed by atoms with van der Waals surface area (Å²) in [5.41, 5.74) is 7.95. The Morgan fingerprint density at radius 2 is 1.63 bits per heavy atom. The number of piperidine rings is 1. The predicted octanol–water partition coefficient (Wildman–Crippen LogP) is 8.19. The number of methoxy groups -OCH3 is 2. The lowest BCUT2D eigenvalue weighted by Gasteiger charge is -2.47. The van der Waals surface area contributed by atoms with Crippen LogP contribution < -0.4 is 29.7 Å². The normalized spacial score (nSPS) is 21.5. The van der Waals surface area contributed by atoms with Gasteiger partial charge in [-0.3, -0.25) is 9.88 Å². The number of carbonyl (C=O) groups excluding carboxylic acids is 1. The highest BCUT2D eigenvalue weighted by atomic mass is 19.1. The molecule has 6 heterocycles. The number of pyridine rings is 2. The Bertz CT molecular complexity index is 2350. The van der Waals surface area contributed by atoms with E-state index in [9.17, 15) is 9.18 Å². The number of nitrogens with two attached hydrogens (primary N) is 1. The molecule has 0 aliphatic carbocycles. The molecule has 1 amide bonds. The van der Waals surface area contributed by atoms with E-state index in [2.05, 4.69) is 30.6 Å². The molecule has 328 valence electrons. The van der Waals surface area contributed by atoms with Gasteiger partial charge in [-0.25, -0.2) is 18.6 Å². The number of hydrogen-bond donors (Lipinski definition) is 1. The van der Waals surface area contributed by atoms with Gasteiger partial charge in [0.25, 0.3) is 0 Å². The number of aryl methyl sites for hydroxylation is 1. The summed E-state index contributed by atoms with van der Waals surface area (Å²) < 4.78 is 55.3. The number of fused-ring (bicyclic) bond motifs is 2. The second-order valence-corrected chi connectivity index (χ2v) is 17.9. The second-order valence-electron chi connectivity index (χ2n) is 17.9. The molecule has 3 saturated heterocycles. The molecule has 0 saturated carbocycles. The quantitative estimate of drug-likeness (QED) is 0.122. The number of alkyl halides is 1. The molecule has 3 aliphatic heterocycles. The van der Waals surface area contributed by atoms with Crippen LogP contribution in [0.5, 0.6) is 17.5 Å². The molecule has 2 N–H and O–H groups in total. The Kier molecular flexibility index (Phi) is 12.1. The number of hydrogen-bond acceptors (Lipinski definition) is 12. The summed E-state index contributed by atoms with van der Waals surface area (Å²) in [4.78, 5) is 38.0. The van der Waals surface area contributed by atoms with E-state index in [1.165, 1.54) is 0 Å². The molecular weight excluding hydrogens is 795 g/mol. The first-order valence-corrected chi connectivity index (χ1v) is 21.3. The molecule has 3 fully saturated rings. The highest BCUT2D eigenvalue weighted by molar-refractivity contribution is 5.92. The van der Waals surface area contributed by atoms with E-state index < -0.39 is 35.1 Å². The Hall–Kier alpha value is -5.83. The van der Waals surface area contributed by atoms with E-state index in [1.54, 1.807) is 20.4 Å². The number of aromatic nitrogens is 4. The van der Waals surface area contributed by atoms with Crippen molar-refractivity contribution in [2.75, 3.05) is 50.3 Å². The van der Waals surface area contributed by atoms with Crippen LogP contribution in [0.2, 0.25) is 0 Å². The Morgan fingerprint density at radius 1 is 0.952 bits per heavy atom. The summed E-state index contributed by atoms with van der Waals surface area (Å²) >= 11 is 0. The summed E-state index contributed by atoms with van der Waals surface area (Å²) in [7, 11) is 3.27. The molecule has 0 bridgehead atoms. The van der Waals surface area contributed by atoms with Crippen LogP contribution in [0.4, 0.5) is 25.2 Å². The molecule has 2 aromatic carbocycles. The van der Waals surface area contributed by atoms with Crippen molar-refractivity contribution in [1.82, 2.24) is 24.8 Å². The number of ether oxygens (including phenoxy) is 4. The third kappa shape index (κ3) is 8.90. The second kappa shape index (κ2) is 17.5. The molecule has 1 unspecified atom stereocenters. The highest BCUT2D eigenvalue weighted by Crippen LogP contribution is 2.43. The smallest absolute Gasteiger partial charge is 0.404 e. The fourth-order valence-electron chi connectivity index (χ4n) is 9.68. The van der Waals surface area contributed by atoms with Gasteiger partial charge in [0.05, 0.1) is 36.9 Å². The van der Waals surface area contributed by atoms with Crippen LogP contribution in [-0.2, 0) is 17.8 Å². The minimum absolute atomic E-state index is 0.00866. The maximum atomic E-state index is 17.5. The van der Waals surface area contributed by atoms with Crippen LogP contribution in [0.25, 0.3) is 22.3 Å². The van der Waals surface area contributed by atoms with E-state index in [0.29, 0.717) is 68.2 Å². The van der Waals surface area contributed by atoms with E-state index in [-0.39, 0.29) is 29.9 Å². The molecule has 0 spiro atoms. The van der Waals surface area contributed by atoms with E-state index in [0.717, 1.165) is 47.6 Å². The van der Waals surface area contributed by atoms with Gasteiger partial charge in [-0.05, 0) is 97.7 Å². The minimum atomic E-state index is -0.948. The Balaban J connectivity index is 1.22. The Labute approximate surface area is 361 Å². The van der Waals surface area contributed by atoms with Gasteiger partial charge in [-0.15, -0.1) is 0 Å². The number of nitrogens with zero attached hydrogens (tertiary/aromatic N) is 7. The van der Waals surface area contributed by atoms with Crippen LogP contribution >= 0.6 is 0 Å². The van der Waals surface area contributed by atoms with Crippen molar-refractivity contribution in [2.45, 2.75) is 96.7 Å². The molecule has 62 heavy (non-hydrogen) atoms. The third-order valence-corrected chi connectivity index (χ3v) is 12.5. The van der Waals surface area contributed by atoms with Gasteiger partial charge in [0.15, 0.2) is 5.82 Å². The molecule has 3 aromatic heterocycles. The van der Waals surface area contributed by atoms with Gasteiger partial charge in [0.2, 0.25) is 0 Å². The molecule has 5 aromatic rings. The number of anilines is 2.